The molecule has 2 heteroatoms. The molecule has 0 amide bonds. The van der Waals surface area contributed by atoms with Crippen molar-refractivity contribution in [2.24, 2.45) is 0 Å². The summed E-state index contributed by atoms with van der Waals surface area (Å²) in [6.45, 7) is 3.66. The van der Waals surface area contributed by atoms with E-state index in [9.17, 15) is 0 Å². The normalized spacial score (nSPS) is 22.0. The van der Waals surface area contributed by atoms with Gasteiger partial charge in [0.1, 0.15) is 0 Å². The Labute approximate surface area is 75.4 Å². The molecule has 2 nitrogen and oxygen atoms in total. The molecule has 0 spiro atoms. The van der Waals surface area contributed by atoms with E-state index in [0.717, 1.165) is 6.54 Å². The van der Waals surface area contributed by atoms with E-state index < -0.39 is 0 Å². The summed E-state index contributed by atoms with van der Waals surface area (Å²) in [6, 6.07) is 0. The van der Waals surface area contributed by atoms with Gasteiger partial charge >= 0.3 is 0 Å². The fourth-order valence-corrected chi connectivity index (χ4v) is 1.37. The maximum absolute atomic E-state index is 3.28. The zero-order chi connectivity index (χ0) is 8.49. The van der Waals surface area contributed by atoms with Gasteiger partial charge in [0.15, 0.2) is 0 Å². The lowest BCUT2D eigenvalue weighted by molar-refractivity contribution is 0.520. The third-order valence-corrected chi connectivity index (χ3v) is 2.13. The first-order valence-electron chi connectivity index (χ1n) is 5.09. The van der Waals surface area contributed by atoms with Gasteiger partial charge in [0.2, 0.25) is 0 Å². The van der Waals surface area contributed by atoms with Crippen LogP contribution in [-0.2, 0) is 0 Å². The first-order chi connectivity index (χ1) is 6.00. The number of hydrogen-bond donors (Lipinski definition) is 2. The topological polar surface area (TPSA) is 24.1 Å². The van der Waals surface area contributed by atoms with Gasteiger partial charge in [-0.1, -0.05) is 12.5 Å². The lowest BCUT2D eigenvalue weighted by Crippen LogP contribution is -2.21. The first kappa shape index (κ1) is 9.59. The fraction of sp³-hybridized carbons (Fsp3) is 0.800. The van der Waals surface area contributed by atoms with Crippen molar-refractivity contribution in [3.8, 4) is 0 Å². The lowest BCUT2D eigenvalue weighted by Gasteiger charge is -2.08. The van der Waals surface area contributed by atoms with Crippen molar-refractivity contribution in [1.29, 1.82) is 0 Å². The van der Waals surface area contributed by atoms with Crippen LogP contribution in [-0.4, -0.2) is 19.6 Å². The molecule has 0 bridgehead atoms. The van der Waals surface area contributed by atoms with Crippen LogP contribution in [0.15, 0.2) is 12.3 Å². The van der Waals surface area contributed by atoms with Crippen molar-refractivity contribution >= 4 is 0 Å². The first-order valence-corrected chi connectivity index (χ1v) is 5.09. The van der Waals surface area contributed by atoms with Crippen molar-refractivity contribution in [2.75, 3.05) is 19.6 Å². The molecule has 1 saturated heterocycles. The fourth-order valence-electron chi connectivity index (χ4n) is 1.37. The van der Waals surface area contributed by atoms with Crippen LogP contribution in [0.5, 0.6) is 0 Å². The maximum Gasteiger partial charge on any atom is 0.0144 e. The van der Waals surface area contributed by atoms with E-state index in [0.29, 0.717) is 0 Å². The molecule has 0 aromatic carbocycles. The molecule has 2 aliphatic rings. The van der Waals surface area contributed by atoms with Crippen LogP contribution >= 0.6 is 0 Å². The van der Waals surface area contributed by atoms with Gasteiger partial charge in [0.25, 0.3) is 0 Å². The van der Waals surface area contributed by atoms with Crippen molar-refractivity contribution in [1.82, 2.24) is 10.6 Å². The Morgan fingerprint density at radius 1 is 0.833 bits per heavy atom. The minimum absolute atomic E-state index is 1.16. The van der Waals surface area contributed by atoms with E-state index in [1.165, 1.54) is 45.2 Å². The van der Waals surface area contributed by atoms with Gasteiger partial charge < -0.3 is 10.6 Å². The second kappa shape index (κ2) is 7.17. The molecule has 1 fully saturated rings. The van der Waals surface area contributed by atoms with Crippen molar-refractivity contribution in [3.05, 3.63) is 12.3 Å². The molecule has 2 aliphatic heterocycles. The Hall–Kier alpha value is -0.500. The molecule has 2 rings (SSSR count). The van der Waals surface area contributed by atoms with Crippen LogP contribution in [0.3, 0.4) is 0 Å². The van der Waals surface area contributed by atoms with Gasteiger partial charge in [0, 0.05) is 6.54 Å². The highest BCUT2D eigenvalue weighted by atomic mass is 14.9. The van der Waals surface area contributed by atoms with Crippen molar-refractivity contribution in [3.63, 3.8) is 0 Å². The van der Waals surface area contributed by atoms with Gasteiger partial charge in [-0.15, -0.1) is 0 Å². The minimum Gasteiger partial charge on any atom is -0.391 e. The number of allylic oxidation sites excluding steroid dienone is 1. The van der Waals surface area contributed by atoms with E-state index in [1.54, 1.807) is 0 Å². The molecule has 0 aromatic heterocycles. The third-order valence-electron chi connectivity index (χ3n) is 2.13. The average molecular weight is 168 g/mol. The standard InChI is InChI=1S/C5H11N.C5H9N/c2*1-2-4-6-5-3-1/h6H,1-5H2;2,4,6H,1,3,5H2. The van der Waals surface area contributed by atoms with Crippen LogP contribution in [0.2, 0.25) is 0 Å². The molecule has 0 atom stereocenters. The largest absolute Gasteiger partial charge is 0.391 e. The van der Waals surface area contributed by atoms with Gasteiger partial charge in [-0.2, -0.15) is 0 Å². The molecule has 0 saturated carbocycles. The Balaban J connectivity index is 0.000000120. The molecular weight excluding hydrogens is 148 g/mol. The number of nitrogens with one attached hydrogen (secondary N) is 2. The Morgan fingerprint density at radius 3 is 1.83 bits per heavy atom. The van der Waals surface area contributed by atoms with Crippen LogP contribution < -0.4 is 10.6 Å². The van der Waals surface area contributed by atoms with E-state index in [4.69, 9.17) is 0 Å². The highest BCUT2D eigenvalue weighted by Crippen LogP contribution is 1.96. The summed E-state index contributed by atoms with van der Waals surface area (Å²) in [5.74, 6) is 0. The maximum atomic E-state index is 3.28. The molecule has 0 unspecified atom stereocenters. The smallest absolute Gasteiger partial charge is 0.0144 e. The molecule has 2 N–H and O–H groups in total. The summed E-state index contributed by atoms with van der Waals surface area (Å²) in [7, 11) is 0. The molecule has 0 aliphatic carbocycles. The second-order valence-corrected chi connectivity index (χ2v) is 3.31. The monoisotopic (exact) mass is 168 g/mol. The van der Waals surface area contributed by atoms with E-state index >= 15 is 0 Å². The number of hydrogen-bond acceptors (Lipinski definition) is 2. The van der Waals surface area contributed by atoms with Crippen molar-refractivity contribution < 1.29 is 0 Å². The zero-order valence-electron chi connectivity index (χ0n) is 7.81. The summed E-state index contributed by atoms with van der Waals surface area (Å²) in [5.41, 5.74) is 0. The van der Waals surface area contributed by atoms with Gasteiger partial charge in [-0.3, -0.25) is 0 Å². The molecule has 0 aromatic rings. The Kier molecular flexibility index (Phi) is 5.72. The second-order valence-electron chi connectivity index (χ2n) is 3.31. The SMILES string of the molecule is C1=CNCCC1.C1CCNCC1. The summed E-state index contributed by atoms with van der Waals surface area (Å²) >= 11 is 0. The molecule has 70 valence electrons. The molecule has 2 heterocycles. The van der Waals surface area contributed by atoms with Gasteiger partial charge in [-0.05, 0) is 45.0 Å². The Morgan fingerprint density at radius 2 is 1.67 bits per heavy atom. The highest BCUT2D eigenvalue weighted by Gasteiger charge is 1.93. The average Bonchev–Trinajstić information content (AvgIpc) is 2.24. The van der Waals surface area contributed by atoms with Crippen LogP contribution in [0.1, 0.15) is 32.1 Å². The lowest BCUT2D eigenvalue weighted by atomic mass is 10.2. The minimum atomic E-state index is 1.16. The third kappa shape index (κ3) is 5.19. The molecule has 12 heavy (non-hydrogen) atoms. The van der Waals surface area contributed by atoms with E-state index in [-0.39, 0.29) is 0 Å². The van der Waals surface area contributed by atoms with Crippen LogP contribution in [0.4, 0.5) is 0 Å². The summed E-state index contributed by atoms with van der Waals surface area (Å²) in [5, 5.41) is 6.39. The van der Waals surface area contributed by atoms with Crippen LogP contribution in [0.25, 0.3) is 0 Å². The molecule has 0 radical (unpaired) electrons. The Bertz CT molecular complexity index is 97.5. The summed E-state index contributed by atoms with van der Waals surface area (Å²) in [4.78, 5) is 0. The predicted octanol–water partition coefficient (Wildman–Crippen LogP) is 1.64. The molecular formula is C10H20N2. The van der Waals surface area contributed by atoms with E-state index in [1.807, 2.05) is 6.20 Å². The van der Waals surface area contributed by atoms with Gasteiger partial charge in [-0.25, -0.2) is 0 Å². The van der Waals surface area contributed by atoms with E-state index in [2.05, 4.69) is 16.7 Å². The number of piperidine rings is 1. The zero-order valence-corrected chi connectivity index (χ0v) is 7.81. The highest BCUT2D eigenvalue weighted by molar-refractivity contribution is 4.83. The quantitative estimate of drug-likeness (QED) is 0.574. The van der Waals surface area contributed by atoms with Gasteiger partial charge in [0.05, 0.1) is 0 Å². The van der Waals surface area contributed by atoms with Crippen molar-refractivity contribution in [2.45, 2.75) is 32.1 Å². The summed E-state index contributed by atoms with van der Waals surface area (Å²) in [6.07, 6.45) is 10.9. The predicted molar refractivity (Wildman–Crippen MR) is 53.1 cm³/mol. The van der Waals surface area contributed by atoms with Crippen LogP contribution in [0, 0.1) is 0 Å². The summed E-state index contributed by atoms with van der Waals surface area (Å²) < 4.78 is 0. The number of rotatable bonds is 0.